The first-order valence-corrected chi connectivity index (χ1v) is 20.1. The summed E-state index contributed by atoms with van der Waals surface area (Å²) >= 11 is 1.86. The molecule has 2 nitrogen and oxygen atoms in total. The van der Waals surface area contributed by atoms with E-state index < -0.39 is 0 Å². The summed E-state index contributed by atoms with van der Waals surface area (Å²) in [4.78, 5) is 2.43. The van der Waals surface area contributed by atoms with Crippen LogP contribution >= 0.6 is 11.3 Å². The number of fused-ring (bicyclic) bond motifs is 6. The highest BCUT2D eigenvalue weighted by Gasteiger charge is 2.23. The molecular weight excluding hydrogens is 711 g/mol. The first-order chi connectivity index (χ1) is 28.3. The molecule has 11 rings (SSSR count). The van der Waals surface area contributed by atoms with Crippen LogP contribution in [0.15, 0.2) is 217 Å². The molecule has 0 aliphatic heterocycles. The zero-order valence-corrected chi connectivity index (χ0v) is 31.8. The smallest absolute Gasteiger partial charge is 0.136 e. The number of thiophene rings is 1. The summed E-state index contributed by atoms with van der Waals surface area (Å²) in [6, 6.07) is 76.4. The van der Waals surface area contributed by atoms with Gasteiger partial charge in [-0.2, -0.15) is 0 Å². The van der Waals surface area contributed by atoms with Crippen LogP contribution in [0.5, 0.6) is 0 Å². The number of nitrogens with zero attached hydrogens (tertiary/aromatic N) is 1. The predicted molar refractivity (Wildman–Crippen MR) is 243 cm³/mol. The third kappa shape index (κ3) is 5.80. The molecule has 0 aliphatic carbocycles. The average molecular weight is 746 g/mol. The molecule has 2 heterocycles. The molecule has 11 aromatic rings. The van der Waals surface area contributed by atoms with E-state index in [1.807, 2.05) is 23.5 Å². The van der Waals surface area contributed by atoms with Crippen molar-refractivity contribution in [3.63, 3.8) is 0 Å². The lowest BCUT2D eigenvalue weighted by Gasteiger charge is -2.29. The van der Waals surface area contributed by atoms with Crippen LogP contribution in [0.2, 0.25) is 0 Å². The Morgan fingerprint density at radius 3 is 1.54 bits per heavy atom. The molecule has 0 amide bonds. The second-order valence-electron chi connectivity index (χ2n) is 14.4. The fourth-order valence-electron chi connectivity index (χ4n) is 8.41. The highest BCUT2D eigenvalue weighted by Crippen LogP contribution is 2.49. The summed E-state index contributed by atoms with van der Waals surface area (Å²) < 4.78 is 8.84. The van der Waals surface area contributed by atoms with Crippen molar-refractivity contribution >= 4 is 70.5 Å². The standard InChI is InChI=1S/C54H35NOS/c1-3-12-36(13-4-1)38-22-24-41(25-23-38)52-47(34-35-51-54(52)46-17-8-10-21-50(46)57-51)55(42-30-26-39(27-31-42)37-14-5-2-6-15-37)43-32-28-40(29-33-43)44-18-11-20-49-53(44)45-16-7-9-19-48(45)56-49/h1-35H. The topological polar surface area (TPSA) is 16.4 Å². The van der Waals surface area contributed by atoms with Crippen LogP contribution < -0.4 is 4.90 Å². The first-order valence-electron chi connectivity index (χ1n) is 19.3. The molecule has 268 valence electrons. The molecule has 0 atom stereocenters. The second kappa shape index (κ2) is 13.8. The van der Waals surface area contributed by atoms with Gasteiger partial charge in [-0.25, -0.2) is 0 Å². The van der Waals surface area contributed by atoms with Crippen LogP contribution in [0.25, 0.3) is 86.6 Å². The molecule has 0 fully saturated rings. The zero-order valence-electron chi connectivity index (χ0n) is 31.0. The summed E-state index contributed by atoms with van der Waals surface area (Å²) in [6.45, 7) is 0. The highest BCUT2D eigenvalue weighted by molar-refractivity contribution is 7.26. The lowest BCUT2D eigenvalue weighted by atomic mass is 9.94. The monoisotopic (exact) mass is 745 g/mol. The number of hydrogen-bond donors (Lipinski definition) is 0. The number of furan rings is 1. The molecule has 0 aliphatic rings. The number of anilines is 3. The first kappa shape index (κ1) is 33.2. The van der Waals surface area contributed by atoms with Crippen molar-refractivity contribution in [2.24, 2.45) is 0 Å². The fraction of sp³-hybridized carbons (Fsp3) is 0. The van der Waals surface area contributed by atoms with Gasteiger partial charge in [0.25, 0.3) is 0 Å². The van der Waals surface area contributed by atoms with E-state index in [1.54, 1.807) is 0 Å². The Hall–Kier alpha value is -7.20. The molecule has 0 N–H and O–H groups in total. The molecule has 57 heavy (non-hydrogen) atoms. The van der Waals surface area contributed by atoms with Crippen LogP contribution in [-0.2, 0) is 0 Å². The largest absolute Gasteiger partial charge is 0.456 e. The Bertz CT molecular complexity index is 3200. The Morgan fingerprint density at radius 2 is 0.860 bits per heavy atom. The summed E-state index contributed by atoms with van der Waals surface area (Å²) in [5, 5.41) is 4.83. The average Bonchev–Trinajstić information content (AvgIpc) is 3.86. The number of benzene rings is 9. The Morgan fingerprint density at radius 1 is 0.333 bits per heavy atom. The van der Waals surface area contributed by atoms with Crippen LogP contribution in [-0.4, -0.2) is 0 Å². The number of rotatable bonds is 7. The van der Waals surface area contributed by atoms with Gasteiger partial charge in [-0.3, -0.25) is 0 Å². The van der Waals surface area contributed by atoms with Crippen molar-refractivity contribution in [2.45, 2.75) is 0 Å². The van der Waals surface area contributed by atoms with Crippen molar-refractivity contribution < 1.29 is 4.42 Å². The van der Waals surface area contributed by atoms with Gasteiger partial charge in [0, 0.05) is 47.9 Å². The molecule has 9 aromatic carbocycles. The van der Waals surface area contributed by atoms with Crippen molar-refractivity contribution in [1.29, 1.82) is 0 Å². The maximum Gasteiger partial charge on any atom is 0.136 e. The van der Waals surface area contributed by atoms with Crippen LogP contribution in [0, 0.1) is 0 Å². The van der Waals surface area contributed by atoms with E-state index in [4.69, 9.17) is 4.42 Å². The molecule has 0 spiro atoms. The van der Waals surface area contributed by atoms with E-state index in [2.05, 4.69) is 205 Å². The van der Waals surface area contributed by atoms with E-state index in [-0.39, 0.29) is 0 Å². The molecule has 2 aromatic heterocycles. The minimum Gasteiger partial charge on any atom is -0.456 e. The minimum atomic E-state index is 0.900. The maximum absolute atomic E-state index is 6.27. The molecular formula is C54H35NOS. The predicted octanol–water partition coefficient (Wildman–Crippen LogP) is 16.1. The molecule has 0 unspecified atom stereocenters. The van der Waals surface area contributed by atoms with E-state index >= 15 is 0 Å². The summed E-state index contributed by atoms with van der Waals surface area (Å²) in [5.41, 5.74) is 14.6. The molecule has 0 radical (unpaired) electrons. The number of hydrogen-bond acceptors (Lipinski definition) is 3. The van der Waals surface area contributed by atoms with Crippen molar-refractivity contribution in [1.82, 2.24) is 0 Å². The molecule has 3 heteroatoms. The van der Waals surface area contributed by atoms with E-state index in [9.17, 15) is 0 Å². The SMILES string of the molecule is c1ccc(-c2ccc(-c3c(N(c4ccc(-c5ccccc5)cc4)c4ccc(-c5cccc6oc7ccccc7c56)cc4)ccc4sc5ccccc5c34)cc2)cc1. The van der Waals surface area contributed by atoms with Gasteiger partial charge in [0.1, 0.15) is 11.2 Å². The van der Waals surface area contributed by atoms with Crippen LogP contribution in [0.1, 0.15) is 0 Å². The Kier molecular flexibility index (Phi) is 8.04. The third-order valence-electron chi connectivity index (χ3n) is 11.1. The summed E-state index contributed by atoms with van der Waals surface area (Å²) in [6.07, 6.45) is 0. The van der Waals surface area contributed by atoms with E-state index in [0.717, 1.165) is 50.1 Å². The van der Waals surface area contributed by atoms with Gasteiger partial charge in [0.15, 0.2) is 0 Å². The maximum atomic E-state index is 6.27. The van der Waals surface area contributed by atoms with Gasteiger partial charge in [-0.05, 0) is 93.5 Å². The summed E-state index contributed by atoms with van der Waals surface area (Å²) in [5.74, 6) is 0. The fourth-order valence-corrected chi connectivity index (χ4v) is 9.52. The molecule has 0 saturated heterocycles. The van der Waals surface area contributed by atoms with Gasteiger partial charge in [-0.1, -0.05) is 158 Å². The van der Waals surface area contributed by atoms with Gasteiger partial charge in [0.2, 0.25) is 0 Å². The zero-order chi connectivity index (χ0) is 37.7. The van der Waals surface area contributed by atoms with Crippen molar-refractivity contribution in [3.05, 3.63) is 212 Å². The van der Waals surface area contributed by atoms with Gasteiger partial charge >= 0.3 is 0 Å². The van der Waals surface area contributed by atoms with Gasteiger partial charge < -0.3 is 9.32 Å². The normalized spacial score (nSPS) is 11.5. The van der Waals surface area contributed by atoms with E-state index in [0.29, 0.717) is 0 Å². The Balaban J connectivity index is 1.12. The lowest BCUT2D eigenvalue weighted by molar-refractivity contribution is 0.669. The lowest BCUT2D eigenvalue weighted by Crippen LogP contribution is -2.11. The third-order valence-corrected chi connectivity index (χ3v) is 12.3. The van der Waals surface area contributed by atoms with Crippen LogP contribution in [0.4, 0.5) is 17.1 Å². The van der Waals surface area contributed by atoms with Crippen LogP contribution in [0.3, 0.4) is 0 Å². The second-order valence-corrected chi connectivity index (χ2v) is 15.5. The Labute approximate surface area is 335 Å². The summed E-state index contributed by atoms with van der Waals surface area (Å²) in [7, 11) is 0. The highest BCUT2D eigenvalue weighted by atomic mass is 32.1. The number of para-hydroxylation sites is 1. The molecule has 0 bridgehead atoms. The van der Waals surface area contributed by atoms with Crippen molar-refractivity contribution in [2.75, 3.05) is 4.90 Å². The molecule has 0 saturated carbocycles. The van der Waals surface area contributed by atoms with Crippen molar-refractivity contribution in [3.8, 4) is 44.5 Å². The van der Waals surface area contributed by atoms with Gasteiger partial charge in [-0.15, -0.1) is 11.3 Å². The van der Waals surface area contributed by atoms with E-state index in [1.165, 1.54) is 53.6 Å². The minimum absolute atomic E-state index is 0.900. The van der Waals surface area contributed by atoms with Gasteiger partial charge in [0.05, 0.1) is 5.69 Å². The quantitative estimate of drug-likeness (QED) is 0.162.